The van der Waals surface area contributed by atoms with Crippen molar-refractivity contribution in [1.29, 1.82) is 0 Å². The van der Waals surface area contributed by atoms with Crippen LogP contribution in [0.4, 0.5) is 9.59 Å². The largest absolute Gasteiger partial charge is 0.514 e. The van der Waals surface area contributed by atoms with E-state index in [0.29, 0.717) is 18.4 Å². The Morgan fingerprint density at radius 3 is 1.94 bits per heavy atom. The number of benzene rings is 1. The fourth-order valence-corrected chi connectivity index (χ4v) is 2.97. The average Bonchev–Trinajstić information content (AvgIpc) is 2.74. The quantitative estimate of drug-likeness (QED) is 0.166. The molecule has 1 rings (SSSR count). The monoisotopic (exact) mass is 511 g/mol. The van der Waals surface area contributed by atoms with Gasteiger partial charge in [0.2, 0.25) is 0 Å². The van der Waals surface area contributed by atoms with Gasteiger partial charge in [-0.1, -0.05) is 19.9 Å². The van der Waals surface area contributed by atoms with E-state index in [9.17, 15) is 24.3 Å². The molecule has 11 heteroatoms. The van der Waals surface area contributed by atoms with Crippen LogP contribution >= 0.6 is 0 Å². The Labute approximate surface area is 211 Å². The van der Waals surface area contributed by atoms with Gasteiger partial charge in [-0.2, -0.15) is 0 Å². The third-order valence-electron chi connectivity index (χ3n) is 4.69. The summed E-state index contributed by atoms with van der Waals surface area (Å²) in [5.41, 5.74) is -1.77. The lowest BCUT2D eigenvalue weighted by Crippen LogP contribution is -2.59. The molecule has 0 amide bonds. The number of nitrogens with one attached hydrogen (secondary N) is 1. The van der Waals surface area contributed by atoms with Crippen LogP contribution in [0, 0.1) is 0 Å². The summed E-state index contributed by atoms with van der Waals surface area (Å²) in [7, 11) is 0. The van der Waals surface area contributed by atoms with Gasteiger partial charge in [0.15, 0.2) is 11.5 Å². The van der Waals surface area contributed by atoms with Crippen LogP contribution < -0.4 is 14.8 Å². The zero-order valence-electron chi connectivity index (χ0n) is 21.9. The van der Waals surface area contributed by atoms with Crippen LogP contribution in [0.1, 0.15) is 73.3 Å². The van der Waals surface area contributed by atoms with Crippen molar-refractivity contribution in [1.82, 2.24) is 5.32 Å². The second-order valence-corrected chi connectivity index (χ2v) is 8.81. The maximum absolute atomic E-state index is 12.4. The van der Waals surface area contributed by atoms with Crippen molar-refractivity contribution < 1.29 is 48.0 Å². The first kappa shape index (κ1) is 30.7. The molecule has 0 aromatic heterocycles. The molecule has 11 nitrogen and oxygen atoms in total. The molecule has 36 heavy (non-hydrogen) atoms. The summed E-state index contributed by atoms with van der Waals surface area (Å²) in [4.78, 5) is 48.9. The summed E-state index contributed by atoms with van der Waals surface area (Å²) in [6.07, 6.45) is -2.23. The van der Waals surface area contributed by atoms with Crippen molar-refractivity contribution in [3.05, 3.63) is 23.8 Å². The van der Waals surface area contributed by atoms with Crippen molar-refractivity contribution in [3.63, 3.8) is 0 Å². The number of carboxylic acids is 1. The van der Waals surface area contributed by atoms with Gasteiger partial charge in [0.05, 0.1) is 12.2 Å². The van der Waals surface area contributed by atoms with Gasteiger partial charge < -0.3 is 28.8 Å². The minimum atomic E-state index is -2.09. The molecule has 0 aliphatic heterocycles. The molecule has 2 N–H and O–H groups in total. The predicted molar refractivity (Wildman–Crippen MR) is 129 cm³/mol. The van der Waals surface area contributed by atoms with E-state index in [2.05, 4.69) is 5.32 Å². The minimum absolute atomic E-state index is 0.0390. The molecule has 0 aliphatic rings. The molecule has 0 bridgehead atoms. The fourth-order valence-electron chi connectivity index (χ4n) is 2.97. The Kier molecular flexibility index (Phi) is 12.2. The van der Waals surface area contributed by atoms with E-state index in [1.165, 1.54) is 18.2 Å². The van der Waals surface area contributed by atoms with Crippen molar-refractivity contribution in [2.75, 3.05) is 0 Å². The van der Waals surface area contributed by atoms with Gasteiger partial charge in [-0.25, -0.2) is 14.4 Å². The molecule has 202 valence electrons. The topological polar surface area (TPSA) is 147 Å². The highest BCUT2D eigenvalue weighted by Gasteiger charge is 2.44. The van der Waals surface area contributed by atoms with Crippen molar-refractivity contribution in [2.24, 2.45) is 0 Å². The normalized spacial score (nSPS) is 13.5. The standard InChI is InChI=1S/C25H37NO10/c1-8-10-21(27)36-25(22(28)29,26-17(7)9-2)14-18-11-12-19(34-23(30)32-15(3)4)20(13-18)35-24(31)33-16(5)6/h11-13,15-17,26H,8-10,14H2,1-7H3,(H,28,29)/t17?,25-/m0/s1. The lowest BCUT2D eigenvalue weighted by molar-refractivity contribution is -0.184. The molecule has 1 aromatic rings. The number of hydrogen-bond acceptors (Lipinski definition) is 10. The SMILES string of the molecule is CCCC(=O)O[C@](Cc1ccc(OC(=O)OC(C)C)c(OC(=O)OC(C)C)c1)(NC(C)CC)C(=O)O. The number of carbonyl (C=O) groups excluding carboxylic acids is 3. The van der Waals surface area contributed by atoms with Gasteiger partial charge in [-0.3, -0.25) is 10.1 Å². The van der Waals surface area contributed by atoms with Crippen molar-refractivity contribution in [3.8, 4) is 11.5 Å². The summed E-state index contributed by atoms with van der Waals surface area (Å²) in [5.74, 6) is -2.43. The molecule has 1 unspecified atom stereocenters. The lowest BCUT2D eigenvalue weighted by atomic mass is 10.00. The molecule has 0 heterocycles. The van der Waals surface area contributed by atoms with Crippen LogP contribution in [0.25, 0.3) is 0 Å². The van der Waals surface area contributed by atoms with E-state index in [1.54, 1.807) is 41.5 Å². The molecule has 0 fully saturated rings. The highest BCUT2D eigenvalue weighted by atomic mass is 16.7. The second-order valence-electron chi connectivity index (χ2n) is 8.81. The van der Waals surface area contributed by atoms with E-state index >= 15 is 0 Å². The van der Waals surface area contributed by atoms with Gasteiger partial charge in [-0.05, 0) is 65.2 Å². The zero-order valence-corrected chi connectivity index (χ0v) is 21.9. The molecule has 0 spiro atoms. The van der Waals surface area contributed by atoms with Gasteiger partial charge in [0, 0.05) is 18.9 Å². The van der Waals surface area contributed by atoms with Crippen LogP contribution in [0.15, 0.2) is 18.2 Å². The molecule has 0 aliphatic carbocycles. The van der Waals surface area contributed by atoms with Gasteiger partial charge in [-0.15, -0.1) is 0 Å². The Balaban J connectivity index is 3.43. The number of rotatable bonds is 13. The summed E-state index contributed by atoms with van der Waals surface area (Å²) >= 11 is 0. The fraction of sp³-hybridized carbons (Fsp3) is 0.600. The molecule has 2 atom stereocenters. The predicted octanol–water partition coefficient (Wildman–Crippen LogP) is 4.59. The van der Waals surface area contributed by atoms with Gasteiger partial charge >= 0.3 is 24.2 Å². The lowest BCUT2D eigenvalue weighted by Gasteiger charge is -2.33. The first-order valence-corrected chi connectivity index (χ1v) is 11.9. The molecule has 0 radical (unpaired) electrons. The third-order valence-corrected chi connectivity index (χ3v) is 4.69. The van der Waals surface area contributed by atoms with Crippen LogP contribution in [-0.4, -0.2) is 53.3 Å². The number of hydrogen-bond donors (Lipinski definition) is 2. The maximum atomic E-state index is 12.4. The Bertz CT molecular complexity index is 914. The zero-order chi connectivity index (χ0) is 27.5. The van der Waals surface area contributed by atoms with Crippen LogP contribution in [-0.2, 0) is 30.2 Å². The summed E-state index contributed by atoms with van der Waals surface area (Å²) in [6, 6.07) is 3.78. The number of carboxylic acid groups (broad SMARTS) is 1. The third kappa shape index (κ3) is 10.1. The molecule has 1 aromatic carbocycles. The molecule has 0 saturated carbocycles. The number of aliphatic carboxylic acids is 1. The minimum Gasteiger partial charge on any atom is -0.477 e. The van der Waals surface area contributed by atoms with E-state index in [1.807, 2.05) is 6.92 Å². The Morgan fingerprint density at radius 1 is 0.917 bits per heavy atom. The van der Waals surface area contributed by atoms with E-state index in [4.69, 9.17) is 23.7 Å². The van der Waals surface area contributed by atoms with Crippen LogP contribution in [0.3, 0.4) is 0 Å². The van der Waals surface area contributed by atoms with E-state index in [0.717, 1.165) is 0 Å². The Hall–Kier alpha value is -3.34. The van der Waals surface area contributed by atoms with Gasteiger partial charge in [0.1, 0.15) is 0 Å². The molecule has 0 saturated heterocycles. The highest BCUT2D eigenvalue weighted by molar-refractivity contribution is 5.82. The summed E-state index contributed by atoms with van der Waals surface area (Å²) < 4.78 is 25.8. The van der Waals surface area contributed by atoms with Crippen LogP contribution in [0.5, 0.6) is 11.5 Å². The number of carbonyl (C=O) groups is 4. The Morgan fingerprint density at radius 2 is 1.47 bits per heavy atom. The second kappa shape index (κ2) is 14.3. The van der Waals surface area contributed by atoms with Crippen LogP contribution in [0.2, 0.25) is 0 Å². The first-order valence-electron chi connectivity index (χ1n) is 11.9. The smallest absolute Gasteiger partial charge is 0.477 e. The van der Waals surface area contributed by atoms with Crippen molar-refractivity contribution in [2.45, 2.75) is 98.1 Å². The summed E-state index contributed by atoms with van der Waals surface area (Å²) in [6.45, 7) is 11.9. The maximum Gasteiger partial charge on any atom is 0.514 e. The average molecular weight is 512 g/mol. The van der Waals surface area contributed by atoms with E-state index < -0.39 is 42.2 Å². The molecular formula is C25H37NO10. The number of ether oxygens (including phenoxy) is 5. The van der Waals surface area contributed by atoms with Gasteiger partial charge in [0.25, 0.3) is 5.72 Å². The number of esters is 1. The van der Waals surface area contributed by atoms with Crippen molar-refractivity contribution >= 4 is 24.2 Å². The molecular weight excluding hydrogens is 474 g/mol. The highest BCUT2D eigenvalue weighted by Crippen LogP contribution is 2.31. The summed E-state index contributed by atoms with van der Waals surface area (Å²) in [5, 5.41) is 13.0. The van der Waals surface area contributed by atoms with E-state index in [-0.39, 0.29) is 30.4 Å². The first-order chi connectivity index (χ1) is 16.8.